The molecule has 104 valence electrons. The molecule has 5 nitrogen and oxygen atoms in total. The third-order valence-corrected chi connectivity index (χ3v) is 2.66. The molecule has 0 aliphatic heterocycles. The van der Waals surface area contributed by atoms with Crippen molar-refractivity contribution in [2.24, 2.45) is 0 Å². The number of aromatic nitrogens is 2. The van der Waals surface area contributed by atoms with Gasteiger partial charge >= 0.3 is 0 Å². The number of nitrogens with zero attached hydrogens (tertiary/aromatic N) is 2. The van der Waals surface area contributed by atoms with Gasteiger partial charge in [0.25, 0.3) is 0 Å². The van der Waals surface area contributed by atoms with Crippen LogP contribution in [0.15, 0.2) is 12.4 Å². The van der Waals surface area contributed by atoms with Gasteiger partial charge < -0.3 is 19.4 Å². The molecule has 0 aliphatic carbocycles. The van der Waals surface area contributed by atoms with E-state index in [9.17, 15) is 0 Å². The number of anilines is 1. The van der Waals surface area contributed by atoms with E-state index in [2.05, 4.69) is 28.7 Å². The lowest BCUT2D eigenvalue weighted by Crippen LogP contribution is -2.11. The molecule has 0 spiro atoms. The summed E-state index contributed by atoms with van der Waals surface area (Å²) >= 11 is 0. The summed E-state index contributed by atoms with van der Waals surface area (Å²) in [5, 5.41) is 3.35. The van der Waals surface area contributed by atoms with Crippen LogP contribution in [0.2, 0.25) is 0 Å². The van der Waals surface area contributed by atoms with Gasteiger partial charge in [0.2, 0.25) is 5.95 Å². The van der Waals surface area contributed by atoms with Gasteiger partial charge in [0.15, 0.2) is 0 Å². The maximum absolute atomic E-state index is 5.40. The molecule has 0 saturated carbocycles. The Hall–Kier alpha value is -1.07. The van der Waals surface area contributed by atoms with Gasteiger partial charge in [0.1, 0.15) is 0 Å². The fraction of sp³-hybridized carbons (Fsp3) is 0.769. The SMILES string of the molecule is COCCOCCCCNc1nccn1C(C)C. The average molecular weight is 255 g/mol. The van der Waals surface area contributed by atoms with E-state index in [4.69, 9.17) is 9.47 Å². The molecule has 0 saturated heterocycles. The molecule has 0 radical (unpaired) electrons. The van der Waals surface area contributed by atoms with Gasteiger partial charge in [-0.1, -0.05) is 0 Å². The molecular weight excluding hydrogens is 230 g/mol. The summed E-state index contributed by atoms with van der Waals surface area (Å²) in [5.74, 6) is 0.949. The number of hydrogen-bond donors (Lipinski definition) is 1. The first kappa shape index (κ1) is 15.0. The van der Waals surface area contributed by atoms with Gasteiger partial charge in [-0.3, -0.25) is 0 Å². The van der Waals surface area contributed by atoms with Crippen LogP contribution in [0, 0.1) is 0 Å². The molecule has 1 N–H and O–H groups in total. The summed E-state index contributed by atoms with van der Waals surface area (Å²) in [5.41, 5.74) is 0. The second-order valence-corrected chi connectivity index (χ2v) is 4.49. The molecule has 0 unspecified atom stereocenters. The lowest BCUT2D eigenvalue weighted by atomic mass is 10.3. The molecule has 5 heteroatoms. The molecule has 18 heavy (non-hydrogen) atoms. The molecular formula is C13H25N3O2. The van der Waals surface area contributed by atoms with Crippen molar-refractivity contribution in [1.29, 1.82) is 0 Å². The van der Waals surface area contributed by atoms with Crippen LogP contribution in [0.25, 0.3) is 0 Å². The summed E-state index contributed by atoms with van der Waals surface area (Å²) in [7, 11) is 1.68. The topological polar surface area (TPSA) is 48.3 Å². The predicted molar refractivity (Wildman–Crippen MR) is 73.0 cm³/mol. The largest absolute Gasteiger partial charge is 0.382 e. The number of hydrogen-bond acceptors (Lipinski definition) is 4. The van der Waals surface area contributed by atoms with Gasteiger partial charge in [0, 0.05) is 38.7 Å². The minimum Gasteiger partial charge on any atom is -0.382 e. The second kappa shape index (κ2) is 8.94. The summed E-state index contributed by atoms with van der Waals surface area (Å²) < 4.78 is 12.4. The van der Waals surface area contributed by atoms with Crippen LogP contribution in [-0.2, 0) is 9.47 Å². The van der Waals surface area contributed by atoms with Crippen LogP contribution < -0.4 is 5.32 Å². The predicted octanol–water partition coefficient (Wildman–Crippen LogP) is 2.32. The van der Waals surface area contributed by atoms with E-state index in [1.165, 1.54) is 0 Å². The van der Waals surface area contributed by atoms with E-state index in [0.717, 1.165) is 31.9 Å². The van der Waals surface area contributed by atoms with Crippen molar-refractivity contribution in [1.82, 2.24) is 9.55 Å². The third kappa shape index (κ3) is 5.51. The molecule has 1 aromatic heterocycles. The van der Waals surface area contributed by atoms with E-state index < -0.39 is 0 Å². The maximum atomic E-state index is 5.40. The molecule has 0 aromatic carbocycles. The van der Waals surface area contributed by atoms with Gasteiger partial charge in [-0.05, 0) is 26.7 Å². The fourth-order valence-electron chi connectivity index (χ4n) is 1.64. The van der Waals surface area contributed by atoms with Gasteiger partial charge in [-0.25, -0.2) is 4.98 Å². The van der Waals surface area contributed by atoms with E-state index in [1.807, 2.05) is 12.4 Å². The highest BCUT2D eigenvalue weighted by molar-refractivity contribution is 5.26. The van der Waals surface area contributed by atoms with Gasteiger partial charge in [-0.15, -0.1) is 0 Å². The number of rotatable bonds is 10. The Kier molecular flexibility index (Phi) is 7.44. The third-order valence-electron chi connectivity index (χ3n) is 2.66. The standard InChI is InChI=1S/C13H25N3O2/c1-12(2)16-8-7-15-13(16)14-6-4-5-9-18-11-10-17-3/h7-8,12H,4-6,9-11H2,1-3H3,(H,14,15). The summed E-state index contributed by atoms with van der Waals surface area (Å²) in [6.07, 6.45) is 5.97. The Morgan fingerprint density at radius 3 is 2.83 bits per heavy atom. The van der Waals surface area contributed by atoms with Crippen molar-refractivity contribution >= 4 is 5.95 Å². The lowest BCUT2D eigenvalue weighted by molar-refractivity contribution is 0.0691. The smallest absolute Gasteiger partial charge is 0.203 e. The number of nitrogens with one attached hydrogen (secondary N) is 1. The van der Waals surface area contributed by atoms with Crippen LogP contribution in [0.5, 0.6) is 0 Å². The minimum absolute atomic E-state index is 0.437. The van der Waals surface area contributed by atoms with Crippen molar-refractivity contribution in [2.45, 2.75) is 32.7 Å². The Labute approximate surface area is 109 Å². The van der Waals surface area contributed by atoms with Crippen molar-refractivity contribution < 1.29 is 9.47 Å². The van der Waals surface area contributed by atoms with Gasteiger partial charge in [-0.2, -0.15) is 0 Å². The van der Waals surface area contributed by atoms with E-state index in [-0.39, 0.29) is 0 Å². The van der Waals surface area contributed by atoms with Crippen LogP contribution in [0.1, 0.15) is 32.7 Å². The van der Waals surface area contributed by atoms with Gasteiger partial charge in [0.05, 0.1) is 13.2 Å². The van der Waals surface area contributed by atoms with Crippen LogP contribution in [0.3, 0.4) is 0 Å². The normalized spacial score (nSPS) is 11.1. The van der Waals surface area contributed by atoms with Crippen LogP contribution in [-0.4, -0.2) is 43.0 Å². The molecule has 1 rings (SSSR count). The quantitative estimate of drug-likeness (QED) is 0.652. The number of unbranched alkanes of at least 4 members (excludes halogenated alkanes) is 1. The molecule has 1 heterocycles. The summed E-state index contributed by atoms with van der Waals surface area (Å²) in [6.45, 7) is 7.37. The van der Waals surface area contributed by atoms with Crippen LogP contribution in [0.4, 0.5) is 5.95 Å². The average Bonchev–Trinajstić information content (AvgIpc) is 2.81. The first-order valence-corrected chi connectivity index (χ1v) is 6.59. The number of ether oxygens (including phenoxy) is 2. The number of imidazole rings is 1. The Morgan fingerprint density at radius 1 is 1.28 bits per heavy atom. The molecule has 0 atom stereocenters. The summed E-state index contributed by atoms with van der Waals surface area (Å²) in [6, 6.07) is 0.437. The Balaban J connectivity index is 2.05. The summed E-state index contributed by atoms with van der Waals surface area (Å²) in [4.78, 5) is 4.30. The maximum Gasteiger partial charge on any atom is 0.203 e. The van der Waals surface area contributed by atoms with E-state index >= 15 is 0 Å². The highest BCUT2D eigenvalue weighted by Crippen LogP contribution is 2.12. The molecule has 0 fully saturated rings. The van der Waals surface area contributed by atoms with E-state index in [1.54, 1.807) is 7.11 Å². The minimum atomic E-state index is 0.437. The zero-order valence-electron chi connectivity index (χ0n) is 11.7. The Bertz CT molecular complexity index is 313. The van der Waals surface area contributed by atoms with Crippen molar-refractivity contribution in [2.75, 3.05) is 38.8 Å². The highest BCUT2D eigenvalue weighted by atomic mass is 16.5. The Morgan fingerprint density at radius 2 is 2.11 bits per heavy atom. The highest BCUT2D eigenvalue weighted by Gasteiger charge is 2.04. The van der Waals surface area contributed by atoms with Crippen molar-refractivity contribution in [3.05, 3.63) is 12.4 Å². The first-order chi connectivity index (χ1) is 8.75. The molecule has 0 amide bonds. The second-order valence-electron chi connectivity index (χ2n) is 4.49. The molecule has 0 bridgehead atoms. The first-order valence-electron chi connectivity index (χ1n) is 6.59. The van der Waals surface area contributed by atoms with Crippen LogP contribution >= 0.6 is 0 Å². The molecule has 1 aromatic rings. The zero-order chi connectivity index (χ0) is 13.2. The lowest BCUT2D eigenvalue weighted by Gasteiger charge is -2.12. The fourth-order valence-corrected chi connectivity index (χ4v) is 1.64. The molecule has 0 aliphatic rings. The zero-order valence-corrected chi connectivity index (χ0v) is 11.7. The van der Waals surface area contributed by atoms with E-state index in [0.29, 0.717) is 19.3 Å². The van der Waals surface area contributed by atoms with Crippen molar-refractivity contribution in [3.63, 3.8) is 0 Å². The van der Waals surface area contributed by atoms with Crippen molar-refractivity contribution in [3.8, 4) is 0 Å². The number of methoxy groups -OCH3 is 1. The monoisotopic (exact) mass is 255 g/mol.